The van der Waals surface area contributed by atoms with Crippen molar-refractivity contribution in [3.05, 3.63) is 63.6 Å². The average Bonchev–Trinajstić information content (AvgIpc) is 2.53. The molecule has 0 saturated carbocycles. The summed E-state index contributed by atoms with van der Waals surface area (Å²) in [6.45, 7) is 5.12. The van der Waals surface area contributed by atoms with Crippen LogP contribution in [0.1, 0.15) is 15.9 Å². The number of aryl methyl sites for hydroxylation is 1. The first-order valence-electron chi connectivity index (χ1n) is 7.60. The van der Waals surface area contributed by atoms with Gasteiger partial charge in [0.05, 0.1) is 0 Å². The van der Waals surface area contributed by atoms with Crippen LogP contribution in [0.2, 0.25) is 10.0 Å². The zero-order chi connectivity index (χ0) is 16.4. The molecule has 3 nitrogen and oxygen atoms in total. The first-order chi connectivity index (χ1) is 11.0. The third-order valence-corrected chi connectivity index (χ3v) is 4.48. The number of benzene rings is 2. The summed E-state index contributed by atoms with van der Waals surface area (Å²) < 4.78 is 0. The van der Waals surface area contributed by atoms with Crippen molar-refractivity contribution in [2.75, 3.05) is 31.1 Å². The summed E-state index contributed by atoms with van der Waals surface area (Å²) in [5.41, 5.74) is 3.00. The fourth-order valence-electron chi connectivity index (χ4n) is 2.85. The minimum absolute atomic E-state index is 0.0155. The summed E-state index contributed by atoms with van der Waals surface area (Å²) in [4.78, 5) is 16.8. The molecule has 1 heterocycles. The molecule has 2 aromatic carbocycles. The maximum Gasteiger partial charge on any atom is 0.254 e. The third-order valence-electron chi connectivity index (χ3n) is 4.04. The Kier molecular flexibility index (Phi) is 4.79. The van der Waals surface area contributed by atoms with E-state index in [1.54, 1.807) is 18.2 Å². The molecule has 2 aromatic rings. The average molecular weight is 349 g/mol. The summed E-state index contributed by atoms with van der Waals surface area (Å²) in [6, 6.07) is 13.4. The van der Waals surface area contributed by atoms with Crippen molar-refractivity contribution in [2.24, 2.45) is 0 Å². The number of carbonyl (C=O) groups excluding carboxylic acids is 1. The zero-order valence-electron chi connectivity index (χ0n) is 12.9. The van der Waals surface area contributed by atoms with Gasteiger partial charge in [0.15, 0.2) is 0 Å². The summed E-state index contributed by atoms with van der Waals surface area (Å²) in [5, 5.41) is 0.971. The molecule has 1 aliphatic rings. The van der Waals surface area contributed by atoms with Gasteiger partial charge in [-0.15, -0.1) is 0 Å². The number of hydrogen-bond acceptors (Lipinski definition) is 2. The van der Waals surface area contributed by atoms with Crippen molar-refractivity contribution in [3.63, 3.8) is 0 Å². The van der Waals surface area contributed by atoms with Crippen molar-refractivity contribution < 1.29 is 4.79 Å². The molecule has 1 fully saturated rings. The van der Waals surface area contributed by atoms with E-state index < -0.39 is 0 Å². The van der Waals surface area contributed by atoms with Gasteiger partial charge in [0, 0.05) is 47.5 Å². The topological polar surface area (TPSA) is 23.6 Å². The van der Waals surface area contributed by atoms with Gasteiger partial charge in [-0.2, -0.15) is 0 Å². The number of hydrogen-bond donors (Lipinski definition) is 0. The van der Waals surface area contributed by atoms with Gasteiger partial charge in [0.25, 0.3) is 5.91 Å². The molecule has 0 aromatic heterocycles. The van der Waals surface area contributed by atoms with E-state index in [2.05, 4.69) is 36.1 Å². The van der Waals surface area contributed by atoms with Gasteiger partial charge < -0.3 is 9.80 Å². The number of amides is 1. The van der Waals surface area contributed by atoms with Gasteiger partial charge in [-0.25, -0.2) is 0 Å². The minimum atomic E-state index is -0.0155. The molecule has 0 aliphatic carbocycles. The standard InChI is InChI=1S/C18H18Cl2N2O/c1-13-3-2-4-17(9-13)21-5-7-22(8-6-21)18(23)14-10-15(19)12-16(20)11-14/h2-4,9-12H,5-8H2,1H3. The summed E-state index contributed by atoms with van der Waals surface area (Å²) in [7, 11) is 0. The highest BCUT2D eigenvalue weighted by Crippen LogP contribution is 2.22. The van der Waals surface area contributed by atoms with Crippen LogP contribution >= 0.6 is 23.2 Å². The van der Waals surface area contributed by atoms with Crippen LogP contribution in [0.5, 0.6) is 0 Å². The Balaban J connectivity index is 1.67. The molecule has 3 rings (SSSR count). The first kappa shape index (κ1) is 16.2. The van der Waals surface area contributed by atoms with Gasteiger partial charge in [-0.3, -0.25) is 4.79 Å². The van der Waals surface area contributed by atoms with E-state index in [4.69, 9.17) is 23.2 Å². The lowest BCUT2D eigenvalue weighted by molar-refractivity contribution is 0.0747. The first-order valence-corrected chi connectivity index (χ1v) is 8.35. The monoisotopic (exact) mass is 348 g/mol. The van der Waals surface area contributed by atoms with Crippen LogP contribution in [0.15, 0.2) is 42.5 Å². The molecular weight excluding hydrogens is 331 g/mol. The van der Waals surface area contributed by atoms with E-state index in [1.165, 1.54) is 11.3 Å². The molecule has 23 heavy (non-hydrogen) atoms. The Morgan fingerprint density at radius 2 is 1.61 bits per heavy atom. The summed E-state index contributed by atoms with van der Waals surface area (Å²) >= 11 is 12.0. The molecule has 0 spiro atoms. The quantitative estimate of drug-likeness (QED) is 0.809. The minimum Gasteiger partial charge on any atom is -0.368 e. The second-order valence-corrected chi connectivity index (χ2v) is 6.65. The van der Waals surface area contributed by atoms with Crippen LogP contribution in [0, 0.1) is 6.92 Å². The fourth-order valence-corrected chi connectivity index (χ4v) is 3.38. The Hall–Kier alpha value is -1.71. The summed E-state index contributed by atoms with van der Waals surface area (Å²) in [5.74, 6) is -0.0155. The number of nitrogens with zero attached hydrogens (tertiary/aromatic N) is 2. The number of rotatable bonds is 2. The predicted octanol–water partition coefficient (Wildman–Crippen LogP) is 4.26. The van der Waals surface area contributed by atoms with Crippen molar-refractivity contribution in [1.29, 1.82) is 0 Å². The molecule has 120 valence electrons. The zero-order valence-corrected chi connectivity index (χ0v) is 14.4. The second-order valence-electron chi connectivity index (χ2n) is 5.78. The second kappa shape index (κ2) is 6.81. The number of anilines is 1. The van der Waals surface area contributed by atoms with E-state index in [1.807, 2.05) is 4.90 Å². The van der Waals surface area contributed by atoms with Gasteiger partial charge >= 0.3 is 0 Å². The molecule has 5 heteroatoms. The van der Waals surface area contributed by atoms with Crippen LogP contribution in [-0.4, -0.2) is 37.0 Å². The van der Waals surface area contributed by atoms with Gasteiger partial charge in [0.2, 0.25) is 0 Å². The summed E-state index contributed by atoms with van der Waals surface area (Å²) in [6.07, 6.45) is 0. The highest BCUT2D eigenvalue weighted by Gasteiger charge is 2.22. The lowest BCUT2D eigenvalue weighted by Crippen LogP contribution is -2.48. The van der Waals surface area contributed by atoms with E-state index >= 15 is 0 Å². The maximum atomic E-state index is 12.6. The van der Waals surface area contributed by atoms with E-state index in [0.29, 0.717) is 28.7 Å². The van der Waals surface area contributed by atoms with E-state index in [9.17, 15) is 4.79 Å². The molecule has 0 radical (unpaired) electrons. The predicted molar refractivity (Wildman–Crippen MR) is 95.8 cm³/mol. The normalized spacial score (nSPS) is 14.9. The van der Waals surface area contributed by atoms with Gasteiger partial charge in [-0.05, 0) is 42.8 Å². The Morgan fingerprint density at radius 1 is 0.957 bits per heavy atom. The Bertz CT molecular complexity index is 704. The molecule has 0 unspecified atom stereocenters. The molecule has 1 aliphatic heterocycles. The van der Waals surface area contributed by atoms with Gasteiger partial charge in [-0.1, -0.05) is 35.3 Å². The lowest BCUT2D eigenvalue weighted by atomic mass is 10.1. The fraction of sp³-hybridized carbons (Fsp3) is 0.278. The molecule has 0 bridgehead atoms. The molecule has 0 N–H and O–H groups in total. The Morgan fingerprint density at radius 3 is 2.22 bits per heavy atom. The molecule has 1 amide bonds. The smallest absolute Gasteiger partial charge is 0.254 e. The molecule has 0 atom stereocenters. The van der Waals surface area contributed by atoms with Gasteiger partial charge in [0.1, 0.15) is 0 Å². The van der Waals surface area contributed by atoms with Crippen molar-refractivity contribution >= 4 is 34.8 Å². The lowest BCUT2D eigenvalue weighted by Gasteiger charge is -2.36. The van der Waals surface area contributed by atoms with Crippen LogP contribution in [0.25, 0.3) is 0 Å². The molecular formula is C18H18Cl2N2O. The SMILES string of the molecule is Cc1cccc(N2CCN(C(=O)c3cc(Cl)cc(Cl)c3)CC2)c1. The van der Waals surface area contributed by atoms with Crippen LogP contribution in [-0.2, 0) is 0 Å². The van der Waals surface area contributed by atoms with E-state index in [-0.39, 0.29) is 5.91 Å². The van der Waals surface area contributed by atoms with Crippen molar-refractivity contribution in [1.82, 2.24) is 4.90 Å². The van der Waals surface area contributed by atoms with Crippen molar-refractivity contribution in [2.45, 2.75) is 6.92 Å². The largest absolute Gasteiger partial charge is 0.368 e. The number of piperazine rings is 1. The highest BCUT2D eigenvalue weighted by molar-refractivity contribution is 6.35. The van der Waals surface area contributed by atoms with Crippen LogP contribution < -0.4 is 4.90 Å². The molecule has 1 saturated heterocycles. The van der Waals surface area contributed by atoms with Crippen LogP contribution in [0.3, 0.4) is 0 Å². The highest BCUT2D eigenvalue weighted by atomic mass is 35.5. The third kappa shape index (κ3) is 3.80. The maximum absolute atomic E-state index is 12.6. The van der Waals surface area contributed by atoms with E-state index in [0.717, 1.165) is 13.1 Å². The Labute approximate surface area is 146 Å². The van der Waals surface area contributed by atoms with Crippen LogP contribution in [0.4, 0.5) is 5.69 Å². The number of halogens is 2. The number of carbonyl (C=O) groups is 1. The van der Waals surface area contributed by atoms with Crippen molar-refractivity contribution in [3.8, 4) is 0 Å².